The Morgan fingerprint density at radius 3 is 2.23 bits per heavy atom. The maximum absolute atomic E-state index is 14.0. The van der Waals surface area contributed by atoms with Crippen molar-refractivity contribution in [2.45, 2.75) is 26.8 Å². The van der Waals surface area contributed by atoms with Crippen LogP contribution in [0.4, 0.5) is 15.8 Å². The van der Waals surface area contributed by atoms with Gasteiger partial charge >= 0.3 is 0 Å². The summed E-state index contributed by atoms with van der Waals surface area (Å²) in [7, 11) is -3.66. The topological polar surface area (TPSA) is 60.9 Å². The SMILES string of the molecule is Cc1ccc(N([C@H](C)C(=O)N2CCN(c3ccccc3F)CC2)S(C)(=O)=O)cc1C. The first-order valence-electron chi connectivity index (χ1n) is 9.94. The van der Waals surface area contributed by atoms with E-state index in [4.69, 9.17) is 0 Å². The van der Waals surface area contributed by atoms with Crippen LogP contribution in [0, 0.1) is 19.7 Å². The molecule has 1 fully saturated rings. The molecule has 0 unspecified atom stereocenters. The third-order valence-electron chi connectivity index (χ3n) is 5.60. The quantitative estimate of drug-likeness (QED) is 0.728. The van der Waals surface area contributed by atoms with Gasteiger partial charge in [-0.05, 0) is 56.2 Å². The normalized spacial score (nSPS) is 15.8. The molecular formula is C22H28FN3O3S. The first kappa shape index (κ1) is 22.1. The fourth-order valence-electron chi connectivity index (χ4n) is 3.81. The van der Waals surface area contributed by atoms with Crippen LogP contribution < -0.4 is 9.21 Å². The number of hydrogen-bond donors (Lipinski definition) is 0. The number of aryl methyl sites for hydroxylation is 2. The van der Waals surface area contributed by atoms with E-state index in [9.17, 15) is 17.6 Å². The minimum absolute atomic E-state index is 0.258. The molecule has 3 rings (SSSR count). The zero-order valence-electron chi connectivity index (χ0n) is 17.8. The average molecular weight is 434 g/mol. The van der Waals surface area contributed by atoms with Crippen molar-refractivity contribution in [3.63, 3.8) is 0 Å². The van der Waals surface area contributed by atoms with Crippen LogP contribution in [0.15, 0.2) is 42.5 Å². The number of amides is 1. The molecule has 1 saturated heterocycles. The van der Waals surface area contributed by atoms with Gasteiger partial charge in [-0.1, -0.05) is 18.2 Å². The van der Waals surface area contributed by atoms with Gasteiger partial charge in [0.25, 0.3) is 0 Å². The van der Waals surface area contributed by atoms with E-state index in [0.29, 0.717) is 37.6 Å². The van der Waals surface area contributed by atoms with Crippen molar-refractivity contribution in [1.82, 2.24) is 4.90 Å². The Kier molecular flexibility index (Phi) is 6.36. The zero-order chi connectivity index (χ0) is 22.1. The zero-order valence-corrected chi connectivity index (χ0v) is 18.6. The van der Waals surface area contributed by atoms with E-state index >= 15 is 0 Å². The number of rotatable bonds is 5. The van der Waals surface area contributed by atoms with E-state index in [2.05, 4.69) is 0 Å². The highest BCUT2D eigenvalue weighted by molar-refractivity contribution is 7.92. The van der Waals surface area contributed by atoms with Crippen molar-refractivity contribution in [3.05, 3.63) is 59.4 Å². The van der Waals surface area contributed by atoms with Crippen LogP contribution in [0.25, 0.3) is 0 Å². The Morgan fingerprint density at radius 1 is 1.03 bits per heavy atom. The van der Waals surface area contributed by atoms with Crippen molar-refractivity contribution < 1.29 is 17.6 Å². The summed E-state index contributed by atoms with van der Waals surface area (Å²) in [6.07, 6.45) is 1.11. The van der Waals surface area contributed by atoms with E-state index in [0.717, 1.165) is 17.4 Å². The minimum Gasteiger partial charge on any atom is -0.366 e. The van der Waals surface area contributed by atoms with Crippen LogP contribution in [0.3, 0.4) is 0 Å². The molecule has 1 heterocycles. The monoisotopic (exact) mass is 433 g/mol. The Hall–Kier alpha value is -2.61. The smallest absolute Gasteiger partial charge is 0.246 e. The third kappa shape index (κ3) is 4.59. The van der Waals surface area contributed by atoms with Crippen LogP contribution in [-0.4, -0.2) is 57.7 Å². The summed E-state index contributed by atoms with van der Waals surface area (Å²) in [5.41, 5.74) is 3.01. The van der Waals surface area contributed by atoms with Gasteiger partial charge < -0.3 is 9.80 Å². The lowest BCUT2D eigenvalue weighted by Crippen LogP contribution is -2.55. The summed E-state index contributed by atoms with van der Waals surface area (Å²) >= 11 is 0. The molecule has 0 bridgehead atoms. The maximum Gasteiger partial charge on any atom is 0.246 e. The lowest BCUT2D eigenvalue weighted by molar-refractivity contribution is -0.132. The fourth-order valence-corrected chi connectivity index (χ4v) is 4.97. The molecule has 2 aromatic carbocycles. The molecule has 162 valence electrons. The van der Waals surface area contributed by atoms with Crippen LogP contribution in [0.5, 0.6) is 0 Å². The molecule has 1 aliphatic rings. The Morgan fingerprint density at radius 2 is 1.67 bits per heavy atom. The predicted molar refractivity (Wildman–Crippen MR) is 118 cm³/mol. The van der Waals surface area contributed by atoms with Crippen LogP contribution in [0.1, 0.15) is 18.1 Å². The van der Waals surface area contributed by atoms with Gasteiger partial charge in [-0.3, -0.25) is 9.10 Å². The molecule has 0 spiro atoms. The molecular weight excluding hydrogens is 405 g/mol. The third-order valence-corrected chi connectivity index (χ3v) is 6.84. The fraction of sp³-hybridized carbons (Fsp3) is 0.409. The summed E-state index contributed by atoms with van der Waals surface area (Å²) in [5.74, 6) is -0.546. The lowest BCUT2D eigenvalue weighted by Gasteiger charge is -2.39. The van der Waals surface area contributed by atoms with Gasteiger partial charge in [-0.25, -0.2) is 12.8 Å². The number of sulfonamides is 1. The first-order valence-corrected chi connectivity index (χ1v) is 11.8. The Balaban J connectivity index is 1.76. The Labute approximate surface area is 177 Å². The number of benzene rings is 2. The number of nitrogens with zero attached hydrogens (tertiary/aromatic N) is 3. The highest BCUT2D eigenvalue weighted by atomic mass is 32.2. The van der Waals surface area contributed by atoms with Crippen LogP contribution in [0.2, 0.25) is 0 Å². The molecule has 1 amide bonds. The molecule has 6 nitrogen and oxygen atoms in total. The molecule has 1 atom stereocenters. The van der Waals surface area contributed by atoms with Crippen molar-refractivity contribution >= 4 is 27.3 Å². The molecule has 0 N–H and O–H groups in total. The highest BCUT2D eigenvalue weighted by Gasteiger charge is 2.33. The number of carbonyl (C=O) groups is 1. The predicted octanol–water partition coefficient (Wildman–Crippen LogP) is 2.95. The number of anilines is 2. The van der Waals surface area contributed by atoms with Crippen molar-refractivity contribution in [1.29, 1.82) is 0 Å². The van der Waals surface area contributed by atoms with Gasteiger partial charge in [-0.15, -0.1) is 0 Å². The Bertz CT molecular complexity index is 1030. The number of carbonyl (C=O) groups excluding carboxylic acids is 1. The number of halogens is 1. The second-order valence-corrected chi connectivity index (χ2v) is 9.63. The van der Waals surface area contributed by atoms with E-state index < -0.39 is 16.1 Å². The molecule has 0 aromatic heterocycles. The van der Waals surface area contributed by atoms with E-state index in [1.165, 1.54) is 10.4 Å². The van der Waals surface area contributed by atoms with Gasteiger partial charge in [0.05, 0.1) is 17.6 Å². The van der Waals surface area contributed by atoms with Crippen LogP contribution in [-0.2, 0) is 14.8 Å². The second-order valence-electron chi connectivity index (χ2n) is 7.77. The summed E-state index contributed by atoms with van der Waals surface area (Å²) in [5, 5.41) is 0. The number of para-hydroxylation sites is 1. The molecule has 2 aromatic rings. The van der Waals surface area contributed by atoms with E-state index in [1.807, 2.05) is 24.8 Å². The van der Waals surface area contributed by atoms with Crippen LogP contribution >= 0.6 is 0 Å². The van der Waals surface area contributed by atoms with Gasteiger partial charge in [0.15, 0.2) is 0 Å². The van der Waals surface area contributed by atoms with Gasteiger partial charge in [0, 0.05) is 26.2 Å². The molecule has 30 heavy (non-hydrogen) atoms. The highest BCUT2D eigenvalue weighted by Crippen LogP contribution is 2.25. The summed E-state index contributed by atoms with van der Waals surface area (Å²) in [4.78, 5) is 16.7. The molecule has 0 saturated carbocycles. The number of hydrogen-bond acceptors (Lipinski definition) is 4. The molecule has 0 radical (unpaired) electrons. The minimum atomic E-state index is -3.66. The van der Waals surface area contributed by atoms with Gasteiger partial charge in [0.1, 0.15) is 11.9 Å². The number of piperazine rings is 1. The summed E-state index contributed by atoms with van der Waals surface area (Å²) < 4.78 is 40.3. The average Bonchev–Trinajstić information content (AvgIpc) is 2.70. The van der Waals surface area contributed by atoms with Crippen molar-refractivity contribution in [3.8, 4) is 0 Å². The van der Waals surface area contributed by atoms with Crippen molar-refractivity contribution in [2.75, 3.05) is 41.6 Å². The van der Waals surface area contributed by atoms with E-state index in [1.54, 1.807) is 42.2 Å². The summed E-state index contributed by atoms with van der Waals surface area (Å²) in [6, 6.07) is 11.1. The van der Waals surface area contributed by atoms with E-state index in [-0.39, 0.29) is 11.7 Å². The molecule has 8 heteroatoms. The van der Waals surface area contributed by atoms with Gasteiger partial charge in [0.2, 0.25) is 15.9 Å². The molecule has 0 aliphatic carbocycles. The summed E-state index contributed by atoms with van der Waals surface area (Å²) in [6.45, 7) is 7.26. The van der Waals surface area contributed by atoms with Gasteiger partial charge in [-0.2, -0.15) is 0 Å². The van der Waals surface area contributed by atoms with Crippen molar-refractivity contribution in [2.24, 2.45) is 0 Å². The maximum atomic E-state index is 14.0. The largest absolute Gasteiger partial charge is 0.366 e. The lowest BCUT2D eigenvalue weighted by atomic mass is 10.1. The first-order chi connectivity index (χ1) is 14.1. The molecule has 1 aliphatic heterocycles. The standard InChI is InChI=1S/C22H28FN3O3S/c1-16-9-10-19(15-17(16)2)26(30(4,28)29)18(3)22(27)25-13-11-24(12-14-25)21-8-6-5-7-20(21)23/h5-10,15,18H,11-14H2,1-4H3/t18-/m1/s1. The second kappa shape index (κ2) is 8.63.